The number of ether oxygens (including phenoxy) is 1. The monoisotopic (exact) mass is 471 g/mol. The molecule has 1 aliphatic carbocycles. The lowest BCUT2D eigenvalue weighted by molar-refractivity contribution is -0.0265. The van der Waals surface area contributed by atoms with Crippen LogP contribution < -0.4 is 10.6 Å². The van der Waals surface area contributed by atoms with Crippen LogP contribution in [0.4, 0.5) is 0 Å². The van der Waals surface area contributed by atoms with Gasteiger partial charge in [0.1, 0.15) is 0 Å². The summed E-state index contributed by atoms with van der Waals surface area (Å²) in [7, 11) is 1.87. The average molecular weight is 471 g/mol. The van der Waals surface area contributed by atoms with Crippen LogP contribution in [0, 0.1) is 12.8 Å². The van der Waals surface area contributed by atoms with Crippen molar-refractivity contribution in [3.05, 3.63) is 35.4 Å². The van der Waals surface area contributed by atoms with Gasteiger partial charge in [-0.05, 0) is 38.2 Å². The molecule has 2 atom stereocenters. The zero-order valence-corrected chi connectivity index (χ0v) is 18.5. The zero-order valence-electron chi connectivity index (χ0n) is 16.2. The lowest BCUT2D eigenvalue weighted by atomic mass is 9.89. The van der Waals surface area contributed by atoms with Gasteiger partial charge in [0, 0.05) is 32.2 Å². The molecule has 1 aromatic rings. The summed E-state index contributed by atoms with van der Waals surface area (Å²) in [4.78, 5) is 4.43. The van der Waals surface area contributed by atoms with E-state index in [9.17, 15) is 0 Å². The summed E-state index contributed by atoms with van der Waals surface area (Å²) in [5, 5.41) is 7.16. The Morgan fingerprint density at radius 3 is 2.50 bits per heavy atom. The number of hydrogen-bond acceptors (Lipinski definition) is 2. The van der Waals surface area contributed by atoms with Crippen molar-refractivity contribution in [2.24, 2.45) is 10.9 Å². The van der Waals surface area contributed by atoms with Gasteiger partial charge in [-0.3, -0.25) is 4.99 Å². The fraction of sp³-hybridized carbons (Fsp3) is 0.667. The number of guanidine groups is 1. The second kappa shape index (κ2) is 11.1. The predicted octanol–water partition coefficient (Wildman–Crippen LogP) is 4.58. The Balaban J connectivity index is 0.00000243. The molecule has 5 heteroatoms. The third-order valence-corrected chi connectivity index (χ3v) is 5.55. The summed E-state index contributed by atoms with van der Waals surface area (Å²) in [5.74, 6) is 1.43. The third-order valence-electron chi connectivity index (χ3n) is 5.55. The summed E-state index contributed by atoms with van der Waals surface area (Å²) in [6.45, 7) is 3.90. The normalized spacial score (nSPS) is 24.6. The summed E-state index contributed by atoms with van der Waals surface area (Å²) < 4.78 is 6.13. The first-order chi connectivity index (χ1) is 12.3. The van der Waals surface area contributed by atoms with Gasteiger partial charge in [0.25, 0.3) is 0 Å². The molecule has 26 heavy (non-hydrogen) atoms. The van der Waals surface area contributed by atoms with E-state index in [-0.39, 0.29) is 30.1 Å². The SMILES string of the molecule is CN=C(NCC1CCCOC1c1ccc(C)cc1)NC1CCCCC1.I. The van der Waals surface area contributed by atoms with Crippen LogP contribution in [0.1, 0.15) is 62.2 Å². The largest absolute Gasteiger partial charge is 0.373 e. The lowest BCUT2D eigenvalue weighted by Gasteiger charge is -2.33. The number of aryl methyl sites for hydroxylation is 1. The fourth-order valence-corrected chi connectivity index (χ4v) is 4.04. The minimum atomic E-state index is 0. The van der Waals surface area contributed by atoms with Gasteiger partial charge in [-0.1, -0.05) is 49.1 Å². The highest BCUT2D eigenvalue weighted by molar-refractivity contribution is 14.0. The van der Waals surface area contributed by atoms with Gasteiger partial charge in [0.2, 0.25) is 0 Å². The Morgan fingerprint density at radius 2 is 1.81 bits per heavy atom. The Bertz CT molecular complexity index is 555. The number of aliphatic imine (C=N–C) groups is 1. The Kier molecular flexibility index (Phi) is 9.19. The molecule has 2 aliphatic rings. The van der Waals surface area contributed by atoms with E-state index in [0.29, 0.717) is 12.0 Å². The molecule has 1 saturated heterocycles. The van der Waals surface area contributed by atoms with Crippen LogP contribution in [0.15, 0.2) is 29.3 Å². The quantitative estimate of drug-likeness (QED) is 0.384. The Labute approximate surface area is 175 Å². The standard InChI is InChI=1S/C21H33N3O.HI/c1-16-10-12-17(13-11-16)20-18(7-6-14-25-20)15-23-21(22-2)24-19-8-4-3-5-9-19;/h10-13,18-20H,3-9,14-15H2,1-2H3,(H2,22,23,24);1H. The van der Waals surface area contributed by atoms with Crippen LogP contribution in [0.5, 0.6) is 0 Å². The molecule has 3 rings (SSSR count). The van der Waals surface area contributed by atoms with Crippen LogP contribution in [0.25, 0.3) is 0 Å². The van der Waals surface area contributed by atoms with Crippen LogP contribution in [-0.2, 0) is 4.74 Å². The molecule has 1 saturated carbocycles. The van der Waals surface area contributed by atoms with Gasteiger partial charge in [-0.2, -0.15) is 0 Å². The van der Waals surface area contributed by atoms with Crippen molar-refractivity contribution >= 4 is 29.9 Å². The van der Waals surface area contributed by atoms with Crippen molar-refractivity contribution in [3.8, 4) is 0 Å². The summed E-state index contributed by atoms with van der Waals surface area (Å²) in [6, 6.07) is 9.37. The van der Waals surface area contributed by atoms with Crippen molar-refractivity contribution < 1.29 is 4.74 Å². The lowest BCUT2D eigenvalue weighted by Crippen LogP contribution is -2.46. The van der Waals surface area contributed by atoms with E-state index in [2.05, 4.69) is 46.8 Å². The zero-order chi connectivity index (χ0) is 17.5. The summed E-state index contributed by atoms with van der Waals surface area (Å²) in [6.07, 6.45) is 9.10. The summed E-state index contributed by atoms with van der Waals surface area (Å²) >= 11 is 0. The number of benzene rings is 1. The first kappa shape index (κ1) is 21.5. The molecule has 4 nitrogen and oxygen atoms in total. The van der Waals surface area contributed by atoms with Gasteiger partial charge in [-0.25, -0.2) is 0 Å². The highest BCUT2D eigenvalue weighted by atomic mass is 127. The second-order valence-corrected chi connectivity index (χ2v) is 7.54. The third kappa shape index (κ3) is 6.12. The Hall–Kier alpha value is -0.820. The van der Waals surface area contributed by atoms with E-state index in [0.717, 1.165) is 25.5 Å². The van der Waals surface area contributed by atoms with Crippen molar-refractivity contribution in [3.63, 3.8) is 0 Å². The molecule has 2 N–H and O–H groups in total. The smallest absolute Gasteiger partial charge is 0.191 e. The van der Waals surface area contributed by atoms with Crippen LogP contribution in [0.2, 0.25) is 0 Å². The number of halogens is 1. The maximum absolute atomic E-state index is 6.13. The predicted molar refractivity (Wildman–Crippen MR) is 119 cm³/mol. The molecule has 2 unspecified atom stereocenters. The Morgan fingerprint density at radius 1 is 1.08 bits per heavy atom. The van der Waals surface area contributed by atoms with E-state index in [1.165, 1.54) is 49.7 Å². The van der Waals surface area contributed by atoms with Gasteiger partial charge >= 0.3 is 0 Å². The molecule has 0 radical (unpaired) electrons. The maximum atomic E-state index is 6.13. The number of nitrogens with zero attached hydrogens (tertiary/aromatic N) is 1. The van der Waals surface area contributed by atoms with Gasteiger partial charge in [0.05, 0.1) is 6.10 Å². The van der Waals surface area contributed by atoms with Gasteiger partial charge < -0.3 is 15.4 Å². The van der Waals surface area contributed by atoms with Crippen LogP contribution in [0.3, 0.4) is 0 Å². The number of hydrogen-bond donors (Lipinski definition) is 2. The minimum Gasteiger partial charge on any atom is -0.373 e. The molecule has 1 aromatic carbocycles. The van der Waals surface area contributed by atoms with E-state index in [1.807, 2.05) is 7.05 Å². The molecular weight excluding hydrogens is 437 g/mol. The first-order valence-corrected chi connectivity index (χ1v) is 9.91. The van der Waals surface area contributed by atoms with E-state index in [1.54, 1.807) is 0 Å². The van der Waals surface area contributed by atoms with E-state index < -0.39 is 0 Å². The summed E-state index contributed by atoms with van der Waals surface area (Å²) in [5.41, 5.74) is 2.60. The van der Waals surface area contributed by atoms with Gasteiger partial charge in [-0.15, -0.1) is 24.0 Å². The maximum Gasteiger partial charge on any atom is 0.191 e. The van der Waals surface area contributed by atoms with Crippen molar-refractivity contribution in [1.82, 2.24) is 10.6 Å². The minimum absolute atomic E-state index is 0. The molecule has 1 aliphatic heterocycles. The second-order valence-electron chi connectivity index (χ2n) is 7.54. The highest BCUT2D eigenvalue weighted by Crippen LogP contribution is 2.33. The topological polar surface area (TPSA) is 45.7 Å². The van der Waals surface area contributed by atoms with Gasteiger partial charge in [0.15, 0.2) is 5.96 Å². The molecule has 2 fully saturated rings. The first-order valence-electron chi connectivity index (χ1n) is 9.91. The van der Waals surface area contributed by atoms with Crippen LogP contribution in [-0.4, -0.2) is 32.2 Å². The molecule has 0 spiro atoms. The van der Waals surface area contributed by atoms with E-state index >= 15 is 0 Å². The fourth-order valence-electron chi connectivity index (χ4n) is 4.04. The molecule has 1 heterocycles. The number of rotatable bonds is 4. The molecule has 0 aromatic heterocycles. The van der Waals surface area contributed by atoms with Crippen molar-refractivity contribution in [2.45, 2.75) is 64.0 Å². The highest BCUT2D eigenvalue weighted by Gasteiger charge is 2.27. The number of nitrogens with one attached hydrogen (secondary N) is 2. The molecule has 0 amide bonds. The average Bonchev–Trinajstić information content (AvgIpc) is 2.67. The molecule has 0 bridgehead atoms. The molecule has 146 valence electrons. The van der Waals surface area contributed by atoms with Crippen molar-refractivity contribution in [1.29, 1.82) is 0 Å². The van der Waals surface area contributed by atoms with Crippen molar-refractivity contribution in [2.75, 3.05) is 20.2 Å². The van der Waals surface area contributed by atoms with E-state index in [4.69, 9.17) is 4.74 Å². The van der Waals surface area contributed by atoms with Crippen LogP contribution >= 0.6 is 24.0 Å². The molecular formula is C21H34IN3O.